The first kappa shape index (κ1) is 25.1. The summed E-state index contributed by atoms with van der Waals surface area (Å²) >= 11 is 0. The average Bonchev–Trinajstić information content (AvgIpc) is 2.86. The highest BCUT2D eigenvalue weighted by Crippen LogP contribution is 2.27. The maximum absolute atomic E-state index is 12.9. The highest BCUT2D eigenvalue weighted by atomic mass is 16.6. The van der Waals surface area contributed by atoms with Crippen LogP contribution in [-0.2, 0) is 14.3 Å². The Labute approximate surface area is 201 Å². The maximum Gasteiger partial charge on any atom is 0.326 e. The second-order valence-electron chi connectivity index (χ2n) is 7.70. The number of carbonyl (C=O) groups is 3. The van der Waals surface area contributed by atoms with E-state index in [1.165, 1.54) is 24.3 Å². The van der Waals surface area contributed by atoms with E-state index in [1.54, 1.807) is 31.2 Å². The summed E-state index contributed by atoms with van der Waals surface area (Å²) in [5.41, 5.74) is 2.27. The van der Waals surface area contributed by atoms with Crippen molar-refractivity contribution in [2.45, 2.75) is 25.3 Å². The van der Waals surface area contributed by atoms with Gasteiger partial charge in [0.25, 0.3) is 11.6 Å². The molecule has 1 amide bonds. The van der Waals surface area contributed by atoms with Crippen LogP contribution in [0.2, 0.25) is 0 Å². The normalized spacial score (nSPS) is 12.3. The summed E-state index contributed by atoms with van der Waals surface area (Å²) in [5, 5.41) is 23.4. The van der Waals surface area contributed by atoms with Crippen molar-refractivity contribution in [1.82, 2.24) is 5.32 Å². The molecule has 0 saturated heterocycles. The Kier molecular flexibility index (Phi) is 8.29. The zero-order valence-electron chi connectivity index (χ0n) is 18.9. The van der Waals surface area contributed by atoms with Gasteiger partial charge in [-0.1, -0.05) is 54.6 Å². The minimum atomic E-state index is -1.48. The molecule has 0 fully saturated rings. The zero-order valence-corrected chi connectivity index (χ0v) is 18.9. The molecule has 0 radical (unpaired) electrons. The quantitative estimate of drug-likeness (QED) is 0.254. The van der Waals surface area contributed by atoms with Crippen LogP contribution in [0.5, 0.6) is 0 Å². The van der Waals surface area contributed by atoms with Gasteiger partial charge in [-0.15, -0.1) is 0 Å². The molecule has 9 heteroatoms. The summed E-state index contributed by atoms with van der Waals surface area (Å²) in [4.78, 5) is 47.7. The highest BCUT2D eigenvalue weighted by Gasteiger charge is 2.33. The lowest BCUT2D eigenvalue weighted by atomic mass is 9.88. The lowest BCUT2D eigenvalue weighted by Crippen LogP contribution is -2.45. The third-order valence-corrected chi connectivity index (χ3v) is 5.43. The number of nitrogens with zero attached hydrogens (tertiary/aromatic N) is 1. The largest absolute Gasteiger partial charge is 0.480 e. The molecule has 0 heterocycles. The maximum atomic E-state index is 12.9. The number of rotatable bonds is 10. The molecule has 3 aromatic carbocycles. The van der Waals surface area contributed by atoms with Gasteiger partial charge in [-0.3, -0.25) is 19.7 Å². The van der Waals surface area contributed by atoms with Gasteiger partial charge in [0.05, 0.1) is 18.0 Å². The molecule has 0 aromatic heterocycles. The number of benzene rings is 3. The number of non-ortho nitro benzene ring substituents is 1. The van der Waals surface area contributed by atoms with Gasteiger partial charge in [0.1, 0.15) is 6.04 Å². The SMILES string of the molecule is CCOC(=O)C[C@H](c1ccc([N+](=O)[O-])cc1)[C@@H](NC(=O)c1ccc(-c2ccccc2)cc1)C(=O)O. The first-order valence-corrected chi connectivity index (χ1v) is 10.9. The first-order chi connectivity index (χ1) is 16.8. The summed E-state index contributed by atoms with van der Waals surface area (Å²) < 4.78 is 4.98. The van der Waals surface area contributed by atoms with E-state index in [9.17, 15) is 29.6 Å². The molecule has 35 heavy (non-hydrogen) atoms. The topological polar surface area (TPSA) is 136 Å². The van der Waals surface area contributed by atoms with Crippen LogP contribution in [0.4, 0.5) is 5.69 Å². The van der Waals surface area contributed by atoms with E-state index >= 15 is 0 Å². The second kappa shape index (κ2) is 11.6. The molecular formula is C26H24N2O7. The lowest BCUT2D eigenvalue weighted by molar-refractivity contribution is -0.384. The van der Waals surface area contributed by atoms with Crippen molar-refractivity contribution in [3.05, 3.63) is 100 Å². The van der Waals surface area contributed by atoms with Gasteiger partial charge in [-0.2, -0.15) is 0 Å². The molecule has 9 nitrogen and oxygen atoms in total. The number of hydrogen-bond acceptors (Lipinski definition) is 6. The van der Waals surface area contributed by atoms with Crippen LogP contribution >= 0.6 is 0 Å². The van der Waals surface area contributed by atoms with E-state index in [4.69, 9.17) is 4.74 Å². The number of nitro groups is 1. The molecule has 0 spiro atoms. The third-order valence-electron chi connectivity index (χ3n) is 5.43. The Morgan fingerprint density at radius 3 is 2.09 bits per heavy atom. The van der Waals surface area contributed by atoms with E-state index in [-0.39, 0.29) is 24.3 Å². The first-order valence-electron chi connectivity index (χ1n) is 10.9. The Hall–Kier alpha value is -4.53. The Morgan fingerprint density at radius 2 is 1.54 bits per heavy atom. The van der Waals surface area contributed by atoms with Crippen LogP contribution in [-0.4, -0.2) is 40.5 Å². The number of carboxylic acids is 1. The van der Waals surface area contributed by atoms with Gasteiger partial charge in [-0.25, -0.2) is 4.79 Å². The fraction of sp³-hybridized carbons (Fsp3) is 0.192. The zero-order chi connectivity index (χ0) is 25.4. The number of nitro benzene ring substituents is 1. The van der Waals surface area contributed by atoms with Crippen LogP contribution in [0.3, 0.4) is 0 Å². The number of hydrogen-bond donors (Lipinski definition) is 2. The predicted molar refractivity (Wildman–Crippen MR) is 128 cm³/mol. The van der Waals surface area contributed by atoms with Crippen LogP contribution < -0.4 is 5.32 Å². The van der Waals surface area contributed by atoms with E-state index < -0.39 is 34.7 Å². The second-order valence-corrected chi connectivity index (χ2v) is 7.70. The molecule has 0 aliphatic heterocycles. The van der Waals surface area contributed by atoms with Crippen LogP contribution in [0.1, 0.15) is 35.2 Å². The molecule has 0 unspecified atom stereocenters. The number of amides is 1. The minimum Gasteiger partial charge on any atom is -0.480 e. The number of esters is 1. The predicted octanol–water partition coefficient (Wildman–Crippen LogP) is 4.18. The van der Waals surface area contributed by atoms with Gasteiger partial charge in [-0.05, 0) is 35.7 Å². The standard InChI is InChI=1S/C26H24N2O7/c1-2-35-23(29)16-22(19-12-14-21(15-13-19)28(33)34)24(26(31)32)27-25(30)20-10-8-18(9-11-20)17-6-4-3-5-7-17/h3-15,22,24H,2,16H2,1H3,(H,27,30)(H,31,32)/t22-,24-/m1/s1. The van der Waals surface area contributed by atoms with E-state index in [1.807, 2.05) is 30.3 Å². The number of nitrogens with one attached hydrogen (secondary N) is 1. The molecule has 0 bridgehead atoms. The Balaban J connectivity index is 1.86. The fourth-order valence-corrected chi connectivity index (χ4v) is 3.67. The lowest BCUT2D eigenvalue weighted by Gasteiger charge is -2.25. The highest BCUT2D eigenvalue weighted by molar-refractivity contribution is 5.97. The van der Waals surface area contributed by atoms with Crippen molar-refractivity contribution in [1.29, 1.82) is 0 Å². The van der Waals surface area contributed by atoms with Crippen molar-refractivity contribution >= 4 is 23.5 Å². The Bertz CT molecular complexity index is 1190. The van der Waals surface area contributed by atoms with Gasteiger partial charge >= 0.3 is 11.9 Å². The van der Waals surface area contributed by atoms with Gasteiger partial charge in [0, 0.05) is 23.6 Å². The molecule has 3 aromatic rings. The third kappa shape index (κ3) is 6.50. The average molecular weight is 476 g/mol. The van der Waals surface area contributed by atoms with Crippen molar-refractivity contribution < 1.29 is 29.2 Å². The summed E-state index contributed by atoms with van der Waals surface area (Å²) in [6.45, 7) is 1.72. The van der Waals surface area contributed by atoms with Crippen LogP contribution in [0.25, 0.3) is 11.1 Å². The monoisotopic (exact) mass is 476 g/mol. The summed E-state index contributed by atoms with van der Waals surface area (Å²) in [7, 11) is 0. The number of ether oxygens (including phenoxy) is 1. The van der Waals surface area contributed by atoms with Gasteiger partial charge in [0.2, 0.25) is 0 Å². The summed E-state index contributed by atoms with van der Waals surface area (Å²) in [6.07, 6.45) is -0.337. The van der Waals surface area contributed by atoms with Gasteiger partial charge < -0.3 is 15.2 Å². The molecule has 3 rings (SSSR count). The van der Waals surface area contributed by atoms with Crippen molar-refractivity contribution in [3.63, 3.8) is 0 Å². The smallest absolute Gasteiger partial charge is 0.326 e. The molecule has 180 valence electrons. The number of aliphatic carboxylic acids is 1. The van der Waals surface area contributed by atoms with E-state index in [0.29, 0.717) is 5.56 Å². The fourth-order valence-electron chi connectivity index (χ4n) is 3.67. The number of carbonyl (C=O) groups excluding carboxylic acids is 2. The van der Waals surface area contributed by atoms with Crippen molar-refractivity contribution in [3.8, 4) is 11.1 Å². The molecule has 0 aliphatic rings. The summed E-state index contributed by atoms with van der Waals surface area (Å²) in [6, 6.07) is 19.9. The van der Waals surface area contributed by atoms with Crippen molar-refractivity contribution in [2.75, 3.05) is 6.61 Å². The summed E-state index contributed by atoms with van der Waals surface area (Å²) in [5.74, 6) is -3.65. The molecular weight excluding hydrogens is 452 g/mol. The molecule has 2 N–H and O–H groups in total. The van der Waals surface area contributed by atoms with Crippen LogP contribution in [0.15, 0.2) is 78.9 Å². The van der Waals surface area contributed by atoms with E-state index in [0.717, 1.165) is 11.1 Å². The van der Waals surface area contributed by atoms with Gasteiger partial charge in [0.15, 0.2) is 0 Å². The van der Waals surface area contributed by atoms with Crippen LogP contribution in [0, 0.1) is 10.1 Å². The molecule has 0 aliphatic carbocycles. The molecule has 2 atom stereocenters. The van der Waals surface area contributed by atoms with Crippen molar-refractivity contribution in [2.24, 2.45) is 0 Å². The molecule has 0 saturated carbocycles. The minimum absolute atomic E-state index is 0.101. The number of carboxylic acid groups (broad SMARTS) is 1. The van der Waals surface area contributed by atoms with E-state index in [2.05, 4.69) is 5.32 Å². The Morgan fingerprint density at radius 1 is 0.943 bits per heavy atom.